The molecule has 9 heteroatoms. The van der Waals surface area contributed by atoms with Gasteiger partial charge in [0.25, 0.3) is 0 Å². The zero-order valence-corrected chi connectivity index (χ0v) is 49.4. The maximum absolute atomic E-state index is 13.1. The van der Waals surface area contributed by atoms with Gasteiger partial charge in [-0.25, -0.2) is 0 Å². The first-order valence-electron chi connectivity index (χ1n) is 31.9. The van der Waals surface area contributed by atoms with Gasteiger partial charge in [-0.15, -0.1) is 0 Å². The molecule has 1 aliphatic heterocycles. The number of hydrogen-bond acceptors (Lipinski definition) is 8. The third kappa shape index (κ3) is 45.5. The number of amides is 1. The van der Waals surface area contributed by atoms with Crippen LogP contribution in [0.1, 0.15) is 271 Å². The maximum Gasteiger partial charge on any atom is 0.220 e. The molecule has 0 aromatic carbocycles. The lowest BCUT2D eigenvalue weighted by Crippen LogP contribution is -2.60. The van der Waals surface area contributed by atoms with E-state index in [1.807, 2.05) is 0 Å². The largest absolute Gasteiger partial charge is 0.394 e. The van der Waals surface area contributed by atoms with Crippen molar-refractivity contribution in [3.63, 3.8) is 0 Å². The highest BCUT2D eigenvalue weighted by Crippen LogP contribution is 2.23. The summed E-state index contributed by atoms with van der Waals surface area (Å²) in [4.78, 5) is 13.1. The Kier molecular flexibility index (Phi) is 52.8. The molecule has 1 heterocycles. The van der Waals surface area contributed by atoms with Gasteiger partial charge in [0.15, 0.2) is 6.29 Å². The Morgan fingerprint density at radius 2 is 0.805 bits per heavy atom. The van der Waals surface area contributed by atoms with Crippen molar-refractivity contribution in [1.82, 2.24) is 5.32 Å². The number of nitrogens with one attached hydrogen (secondary N) is 1. The molecule has 0 radical (unpaired) electrons. The van der Waals surface area contributed by atoms with Crippen molar-refractivity contribution < 1.29 is 39.8 Å². The standard InChI is InChI=1S/C68H119NO8/c1-3-5-7-9-11-13-15-17-19-21-23-25-26-27-28-29-30-31-32-33-34-35-36-38-40-42-44-46-48-50-52-54-56-58-64(72)69-61(60-76-68-67(75)66(74)65(73)63(59-70)77-68)62(71)57-55-53-51-49-47-45-43-41-39-37-24-22-20-18-16-14-12-10-8-6-4-2/h5,7,11,13,17,19,23,25,27-28,30-31,33-34,36,38,61-63,65-68,70-71,73-75H,3-4,6,8-10,12,14-16,18,20-22,24,26,29,32,35,37,39-60H2,1-2H3,(H,69,72)/b7-5-,13-11-,19-17-,25-23-,28-27-,31-30-,34-33-,38-36-. The summed E-state index contributed by atoms with van der Waals surface area (Å²) >= 11 is 0. The second-order valence-electron chi connectivity index (χ2n) is 21.8. The molecule has 1 amide bonds. The van der Waals surface area contributed by atoms with E-state index in [9.17, 15) is 30.3 Å². The fourth-order valence-electron chi connectivity index (χ4n) is 9.71. The summed E-state index contributed by atoms with van der Waals surface area (Å²) in [6, 6.07) is -0.731. The van der Waals surface area contributed by atoms with Crippen molar-refractivity contribution >= 4 is 5.91 Å². The first kappa shape index (κ1) is 72.1. The predicted octanol–water partition coefficient (Wildman–Crippen LogP) is 16.7. The summed E-state index contributed by atoms with van der Waals surface area (Å²) in [5.74, 6) is -0.154. The fraction of sp³-hybridized carbons (Fsp3) is 0.750. The number of carbonyl (C=O) groups excluding carboxylic acids is 1. The van der Waals surface area contributed by atoms with Crippen LogP contribution in [0.2, 0.25) is 0 Å². The van der Waals surface area contributed by atoms with Crippen molar-refractivity contribution in [3.05, 3.63) is 97.2 Å². The number of aliphatic hydroxyl groups is 5. The van der Waals surface area contributed by atoms with Gasteiger partial charge in [-0.1, -0.05) is 284 Å². The van der Waals surface area contributed by atoms with Gasteiger partial charge in [0.1, 0.15) is 24.4 Å². The summed E-state index contributed by atoms with van der Waals surface area (Å²) in [5.41, 5.74) is 0. The van der Waals surface area contributed by atoms with Gasteiger partial charge < -0.3 is 40.3 Å². The number of ether oxygens (including phenoxy) is 2. The quantitative estimate of drug-likeness (QED) is 0.0261. The lowest BCUT2D eigenvalue weighted by Gasteiger charge is -2.40. The van der Waals surface area contributed by atoms with Crippen LogP contribution >= 0.6 is 0 Å². The highest BCUT2D eigenvalue weighted by atomic mass is 16.7. The van der Waals surface area contributed by atoms with E-state index in [4.69, 9.17) is 9.47 Å². The molecule has 0 bridgehead atoms. The maximum atomic E-state index is 13.1. The second kappa shape index (κ2) is 56.4. The predicted molar refractivity (Wildman–Crippen MR) is 327 cm³/mol. The minimum absolute atomic E-state index is 0.145. The molecule has 1 saturated heterocycles. The van der Waals surface area contributed by atoms with Gasteiger partial charge in [0.2, 0.25) is 5.91 Å². The molecule has 7 unspecified atom stereocenters. The van der Waals surface area contributed by atoms with Crippen LogP contribution in [0.25, 0.3) is 0 Å². The lowest BCUT2D eigenvalue weighted by atomic mass is 9.99. The highest BCUT2D eigenvalue weighted by molar-refractivity contribution is 5.76. The summed E-state index contributed by atoms with van der Waals surface area (Å²) in [7, 11) is 0. The van der Waals surface area contributed by atoms with Crippen molar-refractivity contribution in [3.8, 4) is 0 Å². The van der Waals surface area contributed by atoms with E-state index in [2.05, 4.69) is 116 Å². The van der Waals surface area contributed by atoms with Gasteiger partial charge in [-0.3, -0.25) is 4.79 Å². The molecular weight excluding hydrogens is 959 g/mol. The molecule has 1 aliphatic rings. The topological polar surface area (TPSA) is 149 Å². The smallest absolute Gasteiger partial charge is 0.220 e. The van der Waals surface area contributed by atoms with E-state index in [0.29, 0.717) is 12.8 Å². The molecule has 444 valence electrons. The monoisotopic (exact) mass is 1080 g/mol. The molecule has 1 rings (SSSR count). The minimum atomic E-state index is -1.56. The highest BCUT2D eigenvalue weighted by Gasteiger charge is 2.44. The Morgan fingerprint density at radius 3 is 1.19 bits per heavy atom. The molecule has 6 N–H and O–H groups in total. The Labute approximate surface area is 473 Å². The van der Waals surface area contributed by atoms with E-state index in [1.54, 1.807) is 0 Å². The summed E-state index contributed by atoms with van der Waals surface area (Å²) in [6.07, 6.45) is 74.4. The average Bonchev–Trinajstić information content (AvgIpc) is 3.43. The fourth-order valence-corrected chi connectivity index (χ4v) is 9.71. The molecule has 0 aromatic heterocycles. The Balaban J connectivity index is 2.18. The number of aliphatic hydroxyl groups excluding tert-OH is 5. The summed E-state index contributed by atoms with van der Waals surface area (Å²) in [5, 5.41) is 54.8. The van der Waals surface area contributed by atoms with E-state index in [-0.39, 0.29) is 12.5 Å². The first-order valence-corrected chi connectivity index (χ1v) is 31.9. The van der Waals surface area contributed by atoms with Crippen LogP contribution in [0.15, 0.2) is 97.2 Å². The number of allylic oxidation sites excluding steroid dienone is 16. The van der Waals surface area contributed by atoms with Crippen molar-refractivity contribution in [2.75, 3.05) is 13.2 Å². The number of carbonyl (C=O) groups is 1. The Bertz CT molecular complexity index is 1530. The second-order valence-corrected chi connectivity index (χ2v) is 21.8. The van der Waals surface area contributed by atoms with Gasteiger partial charge >= 0.3 is 0 Å². The van der Waals surface area contributed by atoms with E-state index in [1.165, 1.54) is 141 Å². The van der Waals surface area contributed by atoms with E-state index < -0.39 is 49.5 Å². The van der Waals surface area contributed by atoms with Crippen LogP contribution in [0, 0.1) is 0 Å². The Hall–Kier alpha value is -2.89. The van der Waals surface area contributed by atoms with Crippen molar-refractivity contribution in [2.45, 2.75) is 314 Å². The van der Waals surface area contributed by atoms with E-state index >= 15 is 0 Å². The van der Waals surface area contributed by atoms with Crippen LogP contribution in [0.3, 0.4) is 0 Å². The average molecular weight is 1080 g/mol. The van der Waals surface area contributed by atoms with Crippen LogP contribution < -0.4 is 5.32 Å². The van der Waals surface area contributed by atoms with Crippen LogP contribution in [0.4, 0.5) is 0 Å². The third-order valence-corrected chi connectivity index (χ3v) is 14.7. The number of unbranched alkanes of at least 4 members (excludes halogenated alkanes) is 28. The first-order chi connectivity index (χ1) is 37.8. The van der Waals surface area contributed by atoms with Crippen LogP contribution in [-0.4, -0.2) is 87.5 Å². The van der Waals surface area contributed by atoms with Crippen molar-refractivity contribution in [2.24, 2.45) is 0 Å². The number of rotatable bonds is 54. The minimum Gasteiger partial charge on any atom is -0.394 e. The number of hydrogen-bond donors (Lipinski definition) is 6. The lowest BCUT2D eigenvalue weighted by molar-refractivity contribution is -0.302. The molecular formula is C68H119NO8. The Morgan fingerprint density at radius 1 is 0.455 bits per heavy atom. The molecule has 9 nitrogen and oxygen atoms in total. The van der Waals surface area contributed by atoms with E-state index in [0.717, 1.165) is 103 Å². The van der Waals surface area contributed by atoms with Crippen LogP contribution in [-0.2, 0) is 14.3 Å². The SMILES string of the molecule is CC/C=C\C/C=C\C/C=C\C/C=C\C/C=C\C/C=C\C/C=C\C/C=C\CCCCCCCCCCC(=O)NC(COC1OC(CO)C(O)C(O)C1O)C(O)CCCCCCCCCCCCCCCCCCCCCCC. The molecule has 0 aliphatic carbocycles. The normalized spacial score (nSPS) is 19.4. The molecule has 1 fully saturated rings. The zero-order chi connectivity index (χ0) is 55.8. The molecule has 7 atom stereocenters. The van der Waals surface area contributed by atoms with Crippen LogP contribution in [0.5, 0.6) is 0 Å². The van der Waals surface area contributed by atoms with Gasteiger partial charge in [0.05, 0.1) is 25.4 Å². The molecule has 77 heavy (non-hydrogen) atoms. The third-order valence-electron chi connectivity index (χ3n) is 14.7. The van der Waals surface area contributed by atoms with Gasteiger partial charge in [-0.2, -0.15) is 0 Å². The zero-order valence-electron chi connectivity index (χ0n) is 49.4. The van der Waals surface area contributed by atoms with Crippen molar-refractivity contribution in [1.29, 1.82) is 0 Å². The molecule has 0 saturated carbocycles. The summed E-state index contributed by atoms with van der Waals surface area (Å²) < 4.78 is 11.3. The molecule has 0 aromatic rings. The summed E-state index contributed by atoms with van der Waals surface area (Å²) in [6.45, 7) is 3.74. The van der Waals surface area contributed by atoms with Gasteiger partial charge in [0, 0.05) is 6.42 Å². The molecule has 0 spiro atoms. The van der Waals surface area contributed by atoms with Gasteiger partial charge in [-0.05, 0) is 77.0 Å².